The van der Waals surface area contributed by atoms with E-state index < -0.39 is 12.7 Å². The Morgan fingerprint density at radius 2 is 1.96 bits per heavy atom. The quantitative estimate of drug-likeness (QED) is 0.769. The Balaban J connectivity index is 1.49. The van der Waals surface area contributed by atoms with Gasteiger partial charge in [-0.2, -0.15) is 13.2 Å². The van der Waals surface area contributed by atoms with Gasteiger partial charge >= 0.3 is 6.18 Å². The van der Waals surface area contributed by atoms with E-state index in [0.29, 0.717) is 37.5 Å². The smallest absolute Gasteiger partial charge is 0.401 e. The van der Waals surface area contributed by atoms with Crippen molar-refractivity contribution in [1.82, 2.24) is 9.80 Å². The van der Waals surface area contributed by atoms with Crippen molar-refractivity contribution in [2.75, 3.05) is 32.7 Å². The van der Waals surface area contributed by atoms with Crippen LogP contribution >= 0.6 is 11.3 Å². The molecule has 0 spiro atoms. The van der Waals surface area contributed by atoms with E-state index in [0.717, 1.165) is 21.8 Å². The van der Waals surface area contributed by atoms with Crippen LogP contribution in [0.2, 0.25) is 0 Å². The van der Waals surface area contributed by atoms with E-state index in [1.165, 1.54) is 16.2 Å². The molecule has 1 aromatic carbocycles. The summed E-state index contributed by atoms with van der Waals surface area (Å²) in [5.41, 5.74) is 1.96. The fourth-order valence-corrected chi connectivity index (χ4v) is 4.71. The van der Waals surface area contributed by atoms with Crippen LogP contribution in [0.15, 0.2) is 30.3 Å². The predicted molar refractivity (Wildman–Crippen MR) is 97.1 cm³/mol. The molecule has 3 heterocycles. The first-order chi connectivity index (χ1) is 12.9. The second kappa shape index (κ2) is 7.16. The Bertz CT molecular complexity index is 850. The normalized spacial score (nSPS) is 17.7. The molecule has 27 heavy (non-hydrogen) atoms. The molecule has 2 aromatic rings. The van der Waals surface area contributed by atoms with Crippen molar-refractivity contribution in [2.24, 2.45) is 0 Å². The SMILES string of the molecule is O=C(c1cc2c(s1)-c1ccccc1OC2)N1CCCN(CC(F)(F)F)CC1. The molecule has 0 unspecified atom stereocenters. The lowest BCUT2D eigenvalue weighted by Crippen LogP contribution is -2.38. The fourth-order valence-electron chi connectivity index (χ4n) is 3.55. The van der Waals surface area contributed by atoms with Crippen molar-refractivity contribution < 1.29 is 22.7 Å². The molecule has 1 fully saturated rings. The van der Waals surface area contributed by atoms with Crippen molar-refractivity contribution in [1.29, 1.82) is 0 Å². The standard InChI is InChI=1S/C19H19F3N2O2S/c20-19(21,22)12-23-6-3-7-24(9-8-23)18(25)16-10-13-11-26-15-5-2-1-4-14(15)17(13)27-16/h1-2,4-5,10H,3,6-9,11-12H2. The average Bonchev–Trinajstić information content (AvgIpc) is 2.95. The maximum atomic E-state index is 12.9. The minimum absolute atomic E-state index is 0.110. The molecule has 2 aliphatic heterocycles. The molecule has 0 bridgehead atoms. The van der Waals surface area contributed by atoms with Gasteiger partial charge in [0.1, 0.15) is 12.4 Å². The third kappa shape index (κ3) is 3.96. The molecule has 1 amide bonds. The van der Waals surface area contributed by atoms with E-state index >= 15 is 0 Å². The van der Waals surface area contributed by atoms with E-state index in [1.54, 1.807) is 4.90 Å². The summed E-state index contributed by atoms with van der Waals surface area (Å²) in [6.07, 6.45) is -3.67. The summed E-state index contributed by atoms with van der Waals surface area (Å²) in [5, 5.41) is 0. The van der Waals surface area contributed by atoms with Gasteiger partial charge in [0.15, 0.2) is 0 Å². The molecular formula is C19H19F3N2O2S. The summed E-state index contributed by atoms with van der Waals surface area (Å²) >= 11 is 1.43. The molecule has 0 atom stereocenters. The maximum Gasteiger partial charge on any atom is 0.401 e. The van der Waals surface area contributed by atoms with E-state index in [9.17, 15) is 18.0 Å². The highest BCUT2D eigenvalue weighted by Gasteiger charge is 2.32. The highest BCUT2D eigenvalue weighted by Crippen LogP contribution is 2.42. The summed E-state index contributed by atoms with van der Waals surface area (Å²) in [4.78, 5) is 17.6. The number of para-hydroxylation sites is 1. The number of alkyl halides is 3. The second-order valence-electron chi connectivity index (χ2n) is 6.79. The number of carbonyl (C=O) groups excluding carboxylic acids is 1. The van der Waals surface area contributed by atoms with Crippen LogP contribution in [0.25, 0.3) is 10.4 Å². The van der Waals surface area contributed by atoms with Gasteiger partial charge in [0.2, 0.25) is 0 Å². The molecule has 4 rings (SSSR count). The van der Waals surface area contributed by atoms with Crippen molar-refractivity contribution in [2.45, 2.75) is 19.2 Å². The topological polar surface area (TPSA) is 32.8 Å². The number of carbonyl (C=O) groups is 1. The lowest BCUT2D eigenvalue weighted by atomic mass is 10.1. The second-order valence-corrected chi connectivity index (χ2v) is 7.84. The monoisotopic (exact) mass is 396 g/mol. The molecule has 0 aliphatic carbocycles. The summed E-state index contributed by atoms with van der Waals surface area (Å²) in [5.74, 6) is 0.698. The number of thiophene rings is 1. The summed E-state index contributed by atoms with van der Waals surface area (Å²) < 4.78 is 43.6. The van der Waals surface area contributed by atoms with E-state index in [2.05, 4.69) is 0 Å². The molecule has 2 aliphatic rings. The van der Waals surface area contributed by atoms with Crippen LogP contribution in [0.1, 0.15) is 21.7 Å². The lowest BCUT2D eigenvalue weighted by molar-refractivity contribution is -0.145. The minimum Gasteiger partial charge on any atom is -0.488 e. The molecule has 0 radical (unpaired) electrons. The highest BCUT2D eigenvalue weighted by atomic mass is 32.1. The lowest BCUT2D eigenvalue weighted by Gasteiger charge is -2.22. The highest BCUT2D eigenvalue weighted by molar-refractivity contribution is 7.17. The molecule has 0 N–H and O–H groups in total. The van der Waals surface area contributed by atoms with Gasteiger partial charge in [-0.25, -0.2) is 0 Å². The van der Waals surface area contributed by atoms with Crippen molar-refractivity contribution >= 4 is 17.2 Å². The fraction of sp³-hybridized carbons (Fsp3) is 0.421. The molecule has 0 saturated carbocycles. The maximum absolute atomic E-state index is 12.9. The van der Waals surface area contributed by atoms with Crippen LogP contribution in [-0.2, 0) is 6.61 Å². The summed E-state index contributed by atoms with van der Waals surface area (Å²) in [6.45, 7) is 0.882. The van der Waals surface area contributed by atoms with Gasteiger partial charge in [0.25, 0.3) is 5.91 Å². The van der Waals surface area contributed by atoms with Crippen molar-refractivity contribution in [3.8, 4) is 16.2 Å². The number of benzene rings is 1. The number of hydrogen-bond donors (Lipinski definition) is 0. The van der Waals surface area contributed by atoms with Gasteiger partial charge in [0, 0.05) is 42.2 Å². The largest absolute Gasteiger partial charge is 0.488 e. The first-order valence-electron chi connectivity index (χ1n) is 8.84. The molecular weight excluding hydrogens is 377 g/mol. The molecule has 1 aromatic heterocycles. The van der Waals surface area contributed by atoms with Gasteiger partial charge in [-0.1, -0.05) is 12.1 Å². The number of ether oxygens (including phenoxy) is 1. The Labute approximate surface area is 159 Å². The van der Waals surface area contributed by atoms with Gasteiger partial charge < -0.3 is 9.64 Å². The minimum atomic E-state index is -4.21. The number of rotatable bonds is 2. The Kier molecular flexibility index (Phi) is 4.86. The zero-order valence-corrected chi connectivity index (χ0v) is 15.4. The van der Waals surface area contributed by atoms with Crippen LogP contribution in [0.4, 0.5) is 13.2 Å². The van der Waals surface area contributed by atoms with Crippen molar-refractivity contribution in [3.05, 3.63) is 40.8 Å². The Morgan fingerprint density at radius 1 is 1.15 bits per heavy atom. The Hall–Kier alpha value is -2.06. The molecule has 144 valence electrons. The zero-order chi connectivity index (χ0) is 19.0. The zero-order valence-electron chi connectivity index (χ0n) is 14.6. The summed E-state index contributed by atoms with van der Waals surface area (Å²) in [7, 11) is 0. The van der Waals surface area contributed by atoms with Gasteiger partial charge in [-0.15, -0.1) is 11.3 Å². The van der Waals surface area contributed by atoms with Crippen LogP contribution in [0.5, 0.6) is 5.75 Å². The predicted octanol–water partition coefficient (Wildman–Crippen LogP) is 4.02. The summed E-state index contributed by atoms with van der Waals surface area (Å²) in [6, 6.07) is 9.58. The van der Waals surface area contributed by atoms with Crippen LogP contribution in [0.3, 0.4) is 0 Å². The van der Waals surface area contributed by atoms with Crippen LogP contribution < -0.4 is 4.74 Å². The van der Waals surface area contributed by atoms with Gasteiger partial charge in [0.05, 0.1) is 11.4 Å². The van der Waals surface area contributed by atoms with Gasteiger partial charge in [-0.3, -0.25) is 9.69 Å². The number of fused-ring (bicyclic) bond motifs is 3. The van der Waals surface area contributed by atoms with Crippen LogP contribution in [0, 0.1) is 0 Å². The van der Waals surface area contributed by atoms with Crippen LogP contribution in [-0.4, -0.2) is 54.6 Å². The third-order valence-electron chi connectivity index (χ3n) is 4.81. The number of nitrogens with zero attached hydrogens (tertiary/aromatic N) is 2. The molecule has 8 heteroatoms. The van der Waals surface area contributed by atoms with Gasteiger partial charge in [-0.05, 0) is 24.6 Å². The van der Waals surface area contributed by atoms with E-state index in [-0.39, 0.29) is 12.5 Å². The van der Waals surface area contributed by atoms with E-state index in [4.69, 9.17) is 4.74 Å². The van der Waals surface area contributed by atoms with Crippen molar-refractivity contribution in [3.63, 3.8) is 0 Å². The first kappa shape index (κ1) is 18.3. The average molecular weight is 396 g/mol. The number of hydrogen-bond acceptors (Lipinski definition) is 4. The number of halogens is 3. The molecule has 1 saturated heterocycles. The Morgan fingerprint density at radius 3 is 2.78 bits per heavy atom. The van der Waals surface area contributed by atoms with E-state index in [1.807, 2.05) is 30.3 Å². The first-order valence-corrected chi connectivity index (χ1v) is 9.66. The molecule has 4 nitrogen and oxygen atoms in total. The third-order valence-corrected chi connectivity index (χ3v) is 6.01. The number of amides is 1.